The minimum absolute atomic E-state index is 0.277. The first-order chi connectivity index (χ1) is 15.0. The highest BCUT2D eigenvalue weighted by Crippen LogP contribution is 2.35. The van der Waals surface area contributed by atoms with Crippen molar-refractivity contribution >= 4 is 38.8 Å². The molecule has 0 bridgehead atoms. The van der Waals surface area contributed by atoms with Gasteiger partial charge in [0.2, 0.25) is 0 Å². The largest absolute Gasteiger partial charge is 0.491 e. The Hall–Kier alpha value is -2.87. The molecule has 1 aromatic carbocycles. The van der Waals surface area contributed by atoms with Crippen LogP contribution < -0.4 is 20.7 Å². The molecule has 5 rings (SSSR count). The maximum Gasteiger partial charge on any atom is 0.263 e. The van der Waals surface area contributed by atoms with Gasteiger partial charge < -0.3 is 20.7 Å². The lowest BCUT2D eigenvalue weighted by molar-refractivity contribution is 0.0919. The summed E-state index contributed by atoms with van der Waals surface area (Å²) in [5.74, 6) is 0.0192. The number of carbonyl (C=O) groups is 1. The summed E-state index contributed by atoms with van der Waals surface area (Å²) in [6.45, 7) is 4.09. The molecule has 0 aliphatic carbocycles. The number of thiophene rings is 1. The highest BCUT2D eigenvalue weighted by molar-refractivity contribution is 7.21. The molecule has 3 aromatic rings. The van der Waals surface area contributed by atoms with Crippen molar-refractivity contribution in [2.75, 3.05) is 30.3 Å². The van der Waals surface area contributed by atoms with E-state index in [1.165, 1.54) is 17.8 Å². The number of piperidine rings is 1. The fourth-order valence-electron chi connectivity index (χ4n) is 4.36. The molecule has 1 atom stereocenters. The van der Waals surface area contributed by atoms with Gasteiger partial charge in [0.25, 0.3) is 5.91 Å². The van der Waals surface area contributed by atoms with Crippen LogP contribution in [0.4, 0.5) is 15.8 Å². The summed E-state index contributed by atoms with van der Waals surface area (Å²) in [5, 5.41) is 3.74. The third-order valence-corrected chi connectivity index (χ3v) is 7.14. The van der Waals surface area contributed by atoms with Gasteiger partial charge in [0, 0.05) is 47.9 Å². The van der Waals surface area contributed by atoms with Gasteiger partial charge >= 0.3 is 0 Å². The van der Waals surface area contributed by atoms with Gasteiger partial charge in [-0.1, -0.05) is 0 Å². The van der Waals surface area contributed by atoms with Gasteiger partial charge in [-0.2, -0.15) is 0 Å². The number of ether oxygens (including phenoxy) is 1. The number of nitrogens with two attached hydrogens (primary N) is 1. The molecule has 1 fully saturated rings. The van der Waals surface area contributed by atoms with Crippen LogP contribution in [0.3, 0.4) is 0 Å². The Morgan fingerprint density at radius 1 is 1.29 bits per heavy atom. The Morgan fingerprint density at radius 3 is 2.90 bits per heavy atom. The third kappa shape index (κ3) is 3.80. The molecule has 0 spiro atoms. The van der Waals surface area contributed by atoms with Crippen LogP contribution in [-0.2, 0) is 6.42 Å². The average Bonchev–Trinajstić information content (AvgIpc) is 3.10. The molecule has 2 aromatic heterocycles. The molecule has 2 aliphatic rings. The number of nitrogen functional groups attached to an aromatic ring is 1. The van der Waals surface area contributed by atoms with Crippen molar-refractivity contribution in [3.63, 3.8) is 0 Å². The van der Waals surface area contributed by atoms with Crippen molar-refractivity contribution in [1.82, 2.24) is 10.3 Å². The average molecular weight is 441 g/mol. The van der Waals surface area contributed by atoms with E-state index in [1.807, 2.05) is 25.1 Å². The van der Waals surface area contributed by atoms with Crippen LogP contribution in [0.1, 0.15) is 40.2 Å². The van der Waals surface area contributed by atoms with Crippen LogP contribution >= 0.6 is 11.3 Å². The molecular formula is C23H25FN4O2S. The predicted molar refractivity (Wildman–Crippen MR) is 122 cm³/mol. The van der Waals surface area contributed by atoms with Crippen molar-refractivity contribution in [3.05, 3.63) is 46.2 Å². The topological polar surface area (TPSA) is 80.5 Å². The van der Waals surface area contributed by atoms with Crippen LogP contribution in [0.25, 0.3) is 10.2 Å². The lowest BCUT2D eigenvalue weighted by Crippen LogP contribution is -2.43. The molecule has 162 valence electrons. The molecule has 1 saturated heterocycles. The molecule has 31 heavy (non-hydrogen) atoms. The van der Waals surface area contributed by atoms with E-state index in [0.29, 0.717) is 34.9 Å². The van der Waals surface area contributed by atoms with Crippen LogP contribution in [0.5, 0.6) is 5.75 Å². The molecule has 3 N–H and O–H groups in total. The Labute approximate surface area is 184 Å². The van der Waals surface area contributed by atoms with E-state index in [-0.39, 0.29) is 17.8 Å². The zero-order valence-corrected chi connectivity index (χ0v) is 18.2. The number of aryl methyl sites for hydroxylation is 1. The van der Waals surface area contributed by atoms with Gasteiger partial charge in [0.05, 0.1) is 11.7 Å². The first kappa shape index (κ1) is 20.1. The smallest absolute Gasteiger partial charge is 0.263 e. The number of nitrogens with one attached hydrogen (secondary N) is 1. The molecule has 6 nitrogen and oxygen atoms in total. The maximum atomic E-state index is 14.9. The Kier molecular flexibility index (Phi) is 5.17. The second-order valence-corrected chi connectivity index (χ2v) is 9.29. The van der Waals surface area contributed by atoms with E-state index >= 15 is 0 Å². The highest BCUT2D eigenvalue weighted by atomic mass is 32.1. The number of nitrogens with zero attached hydrogens (tertiary/aromatic N) is 2. The van der Waals surface area contributed by atoms with E-state index in [9.17, 15) is 9.18 Å². The summed E-state index contributed by atoms with van der Waals surface area (Å²) >= 11 is 1.27. The molecule has 0 radical (unpaired) electrons. The molecule has 0 unspecified atom stereocenters. The van der Waals surface area contributed by atoms with E-state index in [0.717, 1.165) is 47.5 Å². The van der Waals surface area contributed by atoms with Gasteiger partial charge in [0.15, 0.2) is 0 Å². The summed E-state index contributed by atoms with van der Waals surface area (Å²) < 4.78 is 20.8. The number of benzene rings is 1. The lowest BCUT2D eigenvalue weighted by Gasteiger charge is -2.31. The number of aromatic nitrogens is 1. The first-order valence-corrected chi connectivity index (χ1v) is 11.5. The number of carbonyl (C=O) groups excluding carboxylic acids is 1. The molecule has 2 aliphatic heterocycles. The molecule has 4 heterocycles. The van der Waals surface area contributed by atoms with Crippen LogP contribution in [0.2, 0.25) is 0 Å². The van der Waals surface area contributed by atoms with Crippen LogP contribution in [0, 0.1) is 12.7 Å². The number of fused-ring (bicyclic) bond motifs is 2. The molecule has 0 saturated carbocycles. The normalized spacial score (nSPS) is 18.5. The van der Waals surface area contributed by atoms with Gasteiger partial charge in [0.1, 0.15) is 27.9 Å². The Morgan fingerprint density at radius 2 is 2.10 bits per heavy atom. The minimum atomic E-state index is -0.324. The second kappa shape index (κ2) is 8.00. The first-order valence-electron chi connectivity index (χ1n) is 10.7. The molecule has 1 amide bonds. The highest BCUT2D eigenvalue weighted by Gasteiger charge is 2.27. The summed E-state index contributed by atoms with van der Waals surface area (Å²) in [5.41, 5.74) is 8.89. The maximum absolute atomic E-state index is 14.9. The van der Waals surface area contributed by atoms with E-state index in [1.54, 1.807) is 6.07 Å². The number of hydrogen-bond acceptors (Lipinski definition) is 6. The number of halogens is 1. The number of rotatable bonds is 3. The zero-order valence-electron chi connectivity index (χ0n) is 17.4. The second-order valence-electron chi connectivity index (χ2n) is 8.29. The minimum Gasteiger partial charge on any atom is -0.491 e. The fourth-order valence-corrected chi connectivity index (χ4v) is 5.40. The fraction of sp³-hybridized carbons (Fsp3) is 0.391. The molecule has 8 heteroatoms. The Balaban J connectivity index is 1.33. The lowest BCUT2D eigenvalue weighted by atomic mass is 10.0. The number of anilines is 2. The van der Waals surface area contributed by atoms with Gasteiger partial charge in [-0.15, -0.1) is 11.3 Å². The van der Waals surface area contributed by atoms with Gasteiger partial charge in [-0.05, 0) is 44.4 Å². The van der Waals surface area contributed by atoms with Crippen molar-refractivity contribution in [2.45, 2.75) is 38.6 Å². The Bertz CT molecular complexity index is 1160. The van der Waals surface area contributed by atoms with Crippen LogP contribution in [-0.4, -0.2) is 36.6 Å². The van der Waals surface area contributed by atoms with Crippen LogP contribution in [0.15, 0.2) is 24.3 Å². The van der Waals surface area contributed by atoms with Crippen molar-refractivity contribution in [3.8, 4) is 5.75 Å². The number of amides is 1. The summed E-state index contributed by atoms with van der Waals surface area (Å²) in [6.07, 6.45) is 3.87. The molecular weight excluding hydrogens is 415 g/mol. The monoisotopic (exact) mass is 440 g/mol. The summed E-state index contributed by atoms with van der Waals surface area (Å²) in [6, 6.07) is 6.96. The van der Waals surface area contributed by atoms with Gasteiger partial charge in [-0.3, -0.25) is 4.79 Å². The quantitative estimate of drug-likeness (QED) is 0.642. The summed E-state index contributed by atoms with van der Waals surface area (Å²) in [4.78, 5) is 20.7. The number of hydrogen-bond donors (Lipinski definition) is 2. The zero-order chi connectivity index (χ0) is 21.5. The van der Waals surface area contributed by atoms with E-state index in [4.69, 9.17) is 10.5 Å². The summed E-state index contributed by atoms with van der Waals surface area (Å²) in [7, 11) is 0. The van der Waals surface area contributed by atoms with E-state index < -0.39 is 0 Å². The standard InChI is InChI=1S/C23H25FN4O2S/c1-13-5-6-16-20(25)21(31-23(16)26-13)22(29)27-14-9-17-18(24)10-15(11-19(17)30-12-14)28-7-3-2-4-8-28/h5-6,10-11,14H,2-4,7-9,12,25H2,1H3,(H,27,29)/t14-/m1/s1. The van der Waals surface area contributed by atoms with Crippen molar-refractivity contribution < 1.29 is 13.9 Å². The van der Waals surface area contributed by atoms with Crippen molar-refractivity contribution in [1.29, 1.82) is 0 Å². The predicted octanol–water partition coefficient (Wildman–Crippen LogP) is 4.05. The van der Waals surface area contributed by atoms with Crippen molar-refractivity contribution in [2.24, 2.45) is 0 Å². The number of pyridine rings is 1. The SMILES string of the molecule is Cc1ccc2c(N)c(C(=O)N[C@H]3COc4cc(N5CCCCC5)cc(F)c4C3)sc2n1. The van der Waals surface area contributed by atoms with E-state index in [2.05, 4.69) is 15.2 Å². The van der Waals surface area contributed by atoms with Gasteiger partial charge in [-0.25, -0.2) is 9.37 Å². The third-order valence-electron chi connectivity index (χ3n) is 6.03.